The average molecular weight is 365 g/mol. The number of nitrogens with one attached hydrogen (secondary N) is 1. The monoisotopic (exact) mass is 365 g/mol. The van der Waals surface area contributed by atoms with Gasteiger partial charge in [-0.2, -0.15) is 4.39 Å². The Balaban J connectivity index is 2.33. The van der Waals surface area contributed by atoms with Crippen molar-refractivity contribution in [1.82, 2.24) is 14.9 Å². The van der Waals surface area contributed by atoms with E-state index in [2.05, 4.69) is 4.98 Å². The van der Waals surface area contributed by atoms with E-state index >= 15 is 0 Å². The highest BCUT2D eigenvalue weighted by Gasteiger charge is 2.59. The third-order valence-corrected chi connectivity index (χ3v) is 3.29. The summed E-state index contributed by atoms with van der Waals surface area (Å²) < 4.78 is 51.5. The zero-order chi connectivity index (χ0) is 19.0. The topological polar surface area (TPSA) is 105 Å². The lowest BCUT2D eigenvalue weighted by Crippen LogP contribution is -2.51. The number of aliphatic hydroxyl groups excluding tert-OH is 1. The van der Waals surface area contributed by atoms with Crippen LogP contribution in [0.15, 0.2) is 11.0 Å². The molecule has 11 heteroatoms. The van der Waals surface area contributed by atoms with Crippen LogP contribution in [0, 0.1) is 5.82 Å². The second-order valence-electron chi connectivity index (χ2n) is 6.52. The molecule has 0 spiro atoms. The molecule has 1 aliphatic heterocycles. The van der Waals surface area contributed by atoms with Gasteiger partial charge in [0.2, 0.25) is 12.0 Å². The quantitative estimate of drug-likeness (QED) is 0.835. The Morgan fingerprint density at radius 1 is 1.52 bits per heavy atom. The molecule has 1 aromatic rings. The SMILES string of the molecule is CC(C)(C)OC(=O)N1[C@H](CO)CC(F)(F)[C@H]1Oc1ncc(F)c(=O)[nH]1. The van der Waals surface area contributed by atoms with E-state index in [-0.39, 0.29) is 0 Å². The lowest BCUT2D eigenvalue weighted by Gasteiger charge is -2.31. The highest BCUT2D eigenvalue weighted by Crippen LogP contribution is 2.39. The van der Waals surface area contributed by atoms with E-state index in [1.807, 2.05) is 4.98 Å². The van der Waals surface area contributed by atoms with Crippen LogP contribution < -0.4 is 10.3 Å². The molecule has 0 aliphatic carbocycles. The summed E-state index contributed by atoms with van der Waals surface area (Å²) in [6.07, 6.45) is -3.69. The smallest absolute Gasteiger partial charge is 0.413 e. The van der Waals surface area contributed by atoms with Gasteiger partial charge in [-0.05, 0) is 20.8 Å². The number of ether oxygens (including phenoxy) is 2. The number of likely N-dealkylation sites (tertiary alicyclic amines) is 1. The van der Waals surface area contributed by atoms with E-state index in [0.29, 0.717) is 11.1 Å². The van der Waals surface area contributed by atoms with Crippen molar-refractivity contribution < 1.29 is 32.5 Å². The number of rotatable bonds is 3. The second kappa shape index (κ2) is 6.54. The highest BCUT2D eigenvalue weighted by molar-refractivity contribution is 5.69. The molecule has 1 aromatic heterocycles. The lowest BCUT2D eigenvalue weighted by atomic mass is 10.2. The van der Waals surface area contributed by atoms with E-state index in [1.54, 1.807) is 20.8 Å². The van der Waals surface area contributed by atoms with E-state index in [0.717, 1.165) is 0 Å². The molecule has 1 saturated heterocycles. The number of aromatic nitrogens is 2. The number of amides is 1. The van der Waals surface area contributed by atoms with Crippen LogP contribution in [-0.2, 0) is 4.74 Å². The maximum absolute atomic E-state index is 14.3. The third-order valence-electron chi connectivity index (χ3n) is 3.29. The molecular weight excluding hydrogens is 347 g/mol. The lowest BCUT2D eigenvalue weighted by molar-refractivity contribution is -0.120. The summed E-state index contributed by atoms with van der Waals surface area (Å²) in [6, 6.07) is -1.95. The molecule has 2 atom stereocenters. The Morgan fingerprint density at radius 2 is 2.16 bits per heavy atom. The zero-order valence-corrected chi connectivity index (χ0v) is 13.8. The molecule has 140 valence electrons. The summed E-state index contributed by atoms with van der Waals surface area (Å²) in [5.74, 6) is -4.78. The molecular formula is C14H18F3N3O5. The van der Waals surface area contributed by atoms with Gasteiger partial charge in [0.1, 0.15) is 5.60 Å². The van der Waals surface area contributed by atoms with Crippen LogP contribution in [0.1, 0.15) is 27.2 Å². The summed E-state index contributed by atoms with van der Waals surface area (Å²) in [4.78, 5) is 29.2. The Hall–Kier alpha value is -2.30. The molecule has 1 amide bonds. The molecule has 8 nitrogen and oxygen atoms in total. The highest BCUT2D eigenvalue weighted by atomic mass is 19.3. The molecule has 25 heavy (non-hydrogen) atoms. The molecule has 0 bridgehead atoms. The van der Waals surface area contributed by atoms with Crippen LogP contribution >= 0.6 is 0 Å². The van der Waals surface area contributed by atoms with E-state index in [1.165, 1.54) is 0 Å². The fraction of sp³-hybridized carbons (Fsp3) is 0.643. The van der Waals surface area contributed by atoms with Crippen molar-refractivity contribution in [3.63, 3.8) is 0 Å². The number of hydrogen-bond acceptors (Lipinski definition) is 6. The third kappa shape index (κ3) is 4.21. The van der Waals surface area contributed by atoms with Crippen LogP contribution in [0.4, 0.5) is 18.0 Å². The van der Waals surface area contributed by atoms with Crippen molar-refractivity contribution in [2.75, 3.05) is 6.61 Å². The van der Waals surface area contributed by atoms with Crippen molar-refractivity contribution in [3.8, 4) is 6.01 Å². The van der Waals surface area contributed by atoms with Gasteiger partial charge in [0, 0.05) is 6.42 Å². The van der Waals surface area contributed by atoms with Crippen LogP contribution in [0.3, 0.4) is 0 Å². The summed E-state index contributed by atoms with van der Waals surface area (Å²) in [5.41, 5.74) is -2.18. The van der Waals surface area contributed by atoms with Crippen LogP contribution in [0.25, 0.3) is 0 Å². The molecule has 0 unspecified atom stereocenters. The first kappa shape index (κ1) is 19.0. The minimum atomic E-state index is -3.56. The molecule has 2 rings (SSSR count). The first-order valence-corrected chi connectivity index (χ1v) is 7.36. The van der Waals surface area contributed by atoms with E-state index in [4.69, 9.17) is 9.47 Å². The molecule has 2 heterocycles. The van der Waals surface area contributed by atoms with Gasteiger partial charge in [-0.3, -0.25) is 14.7 Å². The van der Waals surface area contributed by atoms with Crippen LogP contribution in [0.5, 0.6) is 6.01 Å². The number of carbonyl (C=O) groups excluding carboxylic acids is 1. The predicted octanol–water partition coefficient (Wildman–Crippen LogP) is 1.25. The molecule has 0 aromatic carbocycles. The standard InChI is InChI=1S/C14H18F3N3O5/c1-13(2,3)25-12(23)20-7(6-21)4-14(16,17)10(20)24-11-18-5-8(15)9(22)19-11/h5,7,10,21H,4,6H2,1-3H3,(H,18,19,22)/t7-,10+/m0/s1. The maximum Gasteiger partial charge on any atom is 0.413 e. The second-order valence-corrected chi connectivity index (χ2v) is 6.52. The molecule has 0 saturated carbocycles. The zero-order valence-electron chi connectivity index (χ0n) is 13.8. The molecule has 1 fully saturated rings. The number of aromatic amines is 1. The Kier molecular flexibility index (Phi) is 4.98. The number of halogens is 3. The van der Waals surface area contributed by atoms with E-state index in [9.17, 15) is 27.9 Å². The predicted molar refractivity (Wildman–Crippen MR) is 77.7 cm³/mol. The number of carbonyl (C=O) groups is 1. The summed E-state index contributed by atoms with van der Waals surface area (Å²) in [7, 11) is 0. The molecule has 0 radical (unpaired) electrons. The van der Waals surface area contributed by atoms with E-state index < -0.39 is 60.3 Å². The number of hydrogen-bond donors (Lipinski definition) is 2. The minimum Gasteiger partial charge on any atom is -0.444 e. The van der Waals surface area contributed by atoms with Crippen molar-refractivity contribution in [1.29, 1.82) is 0 Å². The van der Waals surface area contributed by atoms with Gasteiger partial charge in [-0.25, -0.2) is 18.6 Å². The van der Waals surface area contributed by atoms with Gasteiger partial charge in [0.15, 0.2) is 0 Å². The first-order chi connectivity index (χ1) is 11.4. The van der Waals surface area contributed by atoms with Crippen LogP contribution in [-0.4, -0.2) is 56.5 Å². The van der Waals surface area contributed by atoms with Gasteiger partial charge in [0.25, 0.3) is 11.6 Å². The first-order valence-electron chi connectivity index (χ1n) is 7.36. The fourth-order valence-corrected chi connectivity index (χ4v) is 2.29. The molecule has 1 aliphatic rings. The summed E-state index contributed by atoms with van der Waals surface area (Å²) in [6.45, 7) is 3.88. The average Bonchev–Trinajstić information content (AvgIpc) is 2.72. The summed E-state index contributed by atoms with van der Waals surface area (Å²) >= 11 is 0. The van der Waals surface area contributed by atoms with Crippen molar-refractivity contribution in [2.45, 2.75) is 51.0 Å². The number of alkyl halides is 2. The largest absolute Gasteiger partial charge is 0.444 e. The Labute approximate surface area is 140 Å². The Morgan fingerprint density at radius 3 is 2.68 bits per heavy atom. The van der Waals surface area contributed by atoms with Gasteiger partial charge in [-0.1, -0.05) is 0 Å². The number of aliphatic hydroxyl groups is 1. The van der Waals surface area contributed by atoms with Crippen molar-refractivity contribution in [2.24, 2.45) is 0 Å². The number of H-pyrrole nitrogens is 1. The van der Waals surface area contributed by atoms with Crippen molar-refractivity contribution >= 4 is 6.09 Å². The van der Waals surface area contributed by atoms with Gasteiger partial charge in [-0.15, -0.1) is 0 Å². The maximum atomic E-state index is 14.3. The minimum absolute atomic E-state index is 0.503. The van der Waals surface area contributed by atoms with Crippen LogP contribution in [0.2, 0.25) is 0 Å². The van der Waals surface area contributed by atoms with Crippen molar-refractivity contribution in [3.05, 3.63) is 22.4 Å². The number of nitrogens with zero attached hydrogens (tertiary/aromatic N) is 2. The van der Waals surface area contributed by atoms with Gasteiger partial charge in [0.05, 0.1) is 18.8 Å². The van der Waals surface area contributed by atoms with Gasteiger partial charge >= 0.3 is 12.0 Å². The summed E-state index contributed by atoms with van der Waals surface area (Å²) in [5, 5.41) is 9.32. The fourth-order valence-electron chi connectivity index (χ4n) is 2.29. The normalized spacial score (nSPS) is 22.8. The molecule has 2 N–H and O–H groups in total. The van der Waals surface area contributed by atoms with Gasteiger partial charge < -0.3 is 14.6 Å². The Bertz CT molecular complexity index is 704.